The maximum Gasteiger partial charge on any atom is 0.331 e. The highest BCUT2D eigenvalue weighted by Crippen LogP contribution is 2.46. The van der Waals surface area contributed by atoms with Gasteiger partial charge in [-0.25, -0.2) is 4.79 Å². The molecule has 1 N–H and O–H groups in total. The Kier molecular flexibility index (Phi) is 4.88. The fourth-order valence-corrected chi connectivity index (χ4v) is 2.34. The van der Waals surface area contributed by atoms with Gasteiger partial charge in [-0.05, 0) is 5.56 Å². The normalized spacial score (nSPS) is 13.6. The first kappa shape index (κ1) is 12.9. The van der Waals surface area contributed by atoms with Gasteiger partial charge in [0.15, 0.2) is 1.43 Å². The first-order valence-corrected chi connectivity index (χ1v) is 7.17. The van der Waals surface area contributed by atoms with Crippen molar-refractivity contribution in [1.82, 2.24) is 0 Å². The van der Waals surface area contributed by atoms with Gasteiger partial charge in [-0.15, -0.1) is 0 Å². The molecule has 0 heterocycles. The van der Waals surface area contributed by atoms with E-state index in [0.717, 1.165) is 5.56 Å². The molecule has 0 fully saturated rings. The minimum absolute atomic E-state index is 0.0417. The summed E-state index contributed by atoms with van der Waals surface area (Å²) in [5, 5.41) is 9.05. The van der Waals surface area contributed by atoms with Crippen LogP contribution in [0.5, 0.6) is 0 Å². The minimum atomic E-state index is -0.794. The number of carboxylic acid groups (broad SMARTS) is 1. The van der Waals surface area contributed by atoms with E-state index < -0.39 is 7.40 Å². The molecule has 0 aliphatic heterocycles. The number of halogens is 3. The van der Waals surface area contributed by atoms with Crippen molar-refractivity contribution in [2.45, 2.75) is 5.35 Å². The number of rotatable bonds is 3. The lowest BCUT2D eigenvalue weighted by atomic mass is 10.1. The van der Waals surface area contributed by atoms with Crippen molar-refractivity contribution in [1.29, 1.82) is 0 Å². The van der Waals surface area contributed by atoms with Gasteiger partial charge in [-0.2, -0.15) is 0 Å². The number of hydrogen-bond acceptors (Lipinski definition) is 1. The SMILES string of the molecule is O=C(O)C(I)(I)C(I)c1ccccc1. The van der Waals surface area contributed by atoms with Gasteiger partial charge < -0.3 is 5.11 Å². The molecule has 0 saturated heterocycles. The molecule has 1 aromatic rings. The summed E-state index contributed by atoms with van der Waals surface area (Å²) in [6.07, 6.45) is 0. The molecule has 0 aliphatic carbocycles. The third-order valence-electron chi connectivity index (χ3n) is 1.70. The second-order valence-corrected chi connectivity index (χ2v) is 9.41. The molecule has 0 saturated carbocycles. The number of benzene rings is 1. The molecule has 1 atom stereocenters. The van der Waals surface area contributed by atoms with Crippen molar-refractivity contribution < 1.29 is 9.90 Å². The molecule has 0 radical (unpaired) electrons. The van der Waals surface area contributed by atoms with Crippen molar-refractivity contribution in [2.75, 3.05) is 0 Å². The van der Waals surface area contributed by atoms with Crippen LogP contribution in [0.25, 0.3) is 0 Å². The molecular weight excluding hydrogens is 521 g/mol. The topological polar surface area (TPSA) is 37.3 Å². The second-order valence-electron chi connectivity index (χ2n) is 2.70. The van der Waals surface area contributed by atoms with Crippen LogP contribution in [0.3, 0.4) is 0 Å². The van der Waals surface area contributed by atoms with Crippen LogP contribution in [0.15, 0.2) is 30.3 Å². The van der Waals surface area contributed by atoms with Gasteiger partial charge in [-0.3, -0.25) is 0 Å². The van der Waals surface area contributed by atoms with Gasteiger partial charge in [0.1, 0.15) is 0 Å². The van der Waals surface area contributed by atoms with E-state index >= 15 is 0 Å². The summed E-state index contributed by atoms with van der Waals surface area (Å²) in [5.74, 6) is -0.790. The molecule has 5 heteroatoms. The molecule has 1 aromatic carbocycles. The number of aliphatic carboxylic acids is 1. The Balaban J connectivity index is 2.96. The van der Waals surface area contributed by atoms with Gasteiger partial charge in [0.05, 0.1) is 3.92 Å². The zero-order chi connectivity index (χ0) is 10.8. The predicted octanol–water partition coefficient (Wildman–Crippen LogP) is 3.81. The Hall–Kier alpha value is 0.880. The first-order chi connectivity index (χ1) is 6.46. The molecular formula is C9H7I3O2. The molecule has 76 valence electrons. The quantitative estimate of drug-likeness (QED) is 0.479. The lowest BCUT2D eigenvalue weighted by Gasteiger charge is -2.22. The molecule has 0 bridgehead atoms. The predicted molar refractivity (Wildman–Crippen MR) is 81.6 cm³/mol. The maximum absolute atomic E-state index is 11.0. The fourth-order valence-electron chi connectivity index (χ4n) is 0.940. The molecule has 0 amide bonds. The number of alkyl halides is 3. The summed E-state index contributed by atoms with van der Waals surface area (Å²) in [6, 6.07) is 9.67. The van der Waals surface area contributed by atoms with Gasteiger partial charge in [-0.1, -0.05) is 98.1 Å². The summed E-state index contributed by atoms with van der Waals surface area (Å²) in [6.45, 7) is 0. The van der Waals surface area contributed by atoms with E-state index in [4.69, 9.17) is 5.11 Å². The van der Waals surface area contributed by atoms with Crippen LogP contribution >= 0.6 is 67.8 Å². The molecule has 0 aliphatic rings. The van der Waals surface area contributed by atoms with E-state index in [1.165, 1.54) is 0 Å². The third-order valence-corrected chi connectivity index (χ3v) is 7.90. The van der Waals surface area contributed by atoms with Gasteiger partial charge >= 0.3 is 5.97 Å². The summed E-state index contributed by atoms with van der Waals surface area (Å²) >= 11 is 6.12. The zero-order valence-electron chi connectivity index (χ0n) is 6.95. The Morgan fingerprint density at radius 3 is 2.21 bits per heavy atom. The highest BCUT2D eigenvalue weighted by Gasteiger charge is 2.40. The highest BCUT2D eigenvalue weighted by molar-refractivity contribution is 14.2. The molecule has 2 nitrogen and oxygen atoms in total. The average Bonchev–Trinajstić information content (AvgIpc) is 2.17. The van der Waals surface area contributed by atoms with E-state index in [0.29, 0.717) is 0 Å². The number of carbonyl (C=O) groups is 1. The Bertz CT molecular complexity index is 324. The van der Waals surface area contributed by atoms with E-state index in [1.54, 1.807) is 0 Å². The van der Waals surface area contributed by atoms with Crippen molar-refractivity contribution in [2.24, 2.45) is 0 Å². The minimum Gasteiger partial charge on any atom is -0.480 e. The van der Waals surface area contributed by atoms with Gasteiger partial charge in [0.2, 0.25) is 0 Å². The first-order valence-electron chi connectivity index (χ1n) is 3.76. The standard InChI is InChI=1S/C9H7I3O2/c10-7(9(11,12)8(13)14)6-4-2-1-3-5-6/h1-5,7H,(H,13,14). The molecule has 14 heavy (non-hydrogen) atoms. The van der Waals surface area contributed by atoms with Crippen LogP contribution in [0.2, 0.25) is 0 Å². The van der Waals surface area contributed by atoms with Crippen molar-refractivity contribution >= 4 is 73.7 Å². The average molecular weight is 528 g/mol. The largest absolute Gasteiger partial charge is 0.480 e. The molecule has 1 unspecified atom stereocenters. The number of hydrogen-bond donors (Lipinski definition) is 1. The van der Waals surface area contributed by atoms with Gasteiger partial charge in [0.25, 0.3) is 0 Å². The van der Waals surface area contributed by atoms with E-state index in [-0.39, 0.29) is 3.92 Å². The van der Waals surface area contributed by atoms with Crippen LogP contribution in [0, 0.1) is 0 Å². The Labute approximate surface area is 123 Å². The smallest absolute Gasteiger partial charge is 0.331 e. The molecule has 0 aromatic heterocycles. The fraction of sp³-hybridized carbons (Fsp3) is 0.222. The molecule has 1 rings (SSSR count). The van der Waals surface area contributed by atoms with Crippen LogP contribution in [-0.2, 0) is 4.79 Å². The monoisotopic (exact) mass is 528 g/mol. The Morgan fingerprint density at radius 2 is 1.79 bits per heavy atom. The zero-order valence-corrected chi connectivity index (χ0v) is 13.4. The molecule has 0 spiro atoms. The lowest BCUT2D eigenvalue weighted by Crippen LogP contribution is -2.28. The van der Waals surface area contributed by atoms with Crippen LogP contribution in [0.1, 0.15) is 9.49 Å². The highest BCUT2D eigenvalue weighted by atomic mass is 127. The second kappa shape index (κ2) is 5.28. The van der Waals surface area contributed by atoms with Crippen LogP contribution in [-0.4, -0.2) is 12.5 Å². The Morgan fingerprint density at radius 1 is 1.29 bits per heavy atom. The van der Waals surface area contributed by atoms with Crippen molar-refractivity contribution in [3.05, 3.63) is 35.9 Å². The van der Waals surface area contributed by atoms with Crippen molar-refractivity contribution in [3.63, 3.8) is 0 Å². The van der Waals surface area contributed by atoms with E-state index in [9.17, 15) is 4.79 Å². The summed E-state index contributed by atoms with van der Waals surface area (Å²) in [5.41, 5.74) is 1.04. The van der Waals surface area contributed by atoms with Crippen molar-refractivity contribution in [3.8, 4) is 0 Å². The summed E-state index contributed by atoms with van der Waals surface area (Å²) in [7, 11) is 0. The van der Waals surface area contributed by atoms with E-state index in [2.05, 4.69) is 22.6 Å². The lowest BCUT2D eigenvalue weighted by molar-refractivity contribution is -0.136. The summed E-state index contributed by atoms with van der Waals surface area (Å²) < 4.78 is -0.836. The maximum atomic E-state index is 11.0. The van der Waals surface area contributed by atoms with Crippen LogP contribution in [0.4, 0.5) is 0 Å². The summed E-state index contributed by atoms with van der Waals surface area (Å²) in [4.78, 5) is 11.0. The number of carboxylic acids is 1. The van der Waals surface area contributed by atoms with Crippen LogP contribution < -0.4 is 0 Å². The van der Waals surface area contributed by atoms with E-state index in [1.807, 2.05) is 75.5 Å². The van der Waals surface area contributed by atoms with Gasteiger partial charge in [0, 0.05) is 0 Å². The third kappa shape index (κ3) is 2.94.